The third kappa shape index (κ3) is 3.33. The van der Waals surface area contributed by atoms with Crippen LogP contribution >= 0.6 is 11.6 Å². The van der Waals surface area contributed by atoms with Crippen LogP contribution in [0.4, 0.5) is 13.2 Å². The van der Waals surface area contributed by atoms with E-state index in [1.807, 2.05) is 0 Å². The molecule has 5 nitrogen and oxygen atoms in total. The number of benzene rings is 1. The van der Waals surface area contributed by atoms with Crippen LogP contribution in [0.25, 0.3) is 5.69 Å². The fourth-order valence-electron chi connectivity index (χ4n) is 1.77. The number of alkyl halides is 3. The predicted molar refractivity (Wildman–Crippen MR) is 67.4 cm³/mol. The van der Waals surface area contributed by atoms with Crippen LogP contribution in [0.1, 0.15) is 17.0 Å². The highest BCUT2D eigenvalue weighted by Crippen LogP contribution is 2.33. The highest BCUT2D eigenvalue weighted by atomic mass is 35.5. The Morgan fingerprint density at radius 1 is 1.38 bits per heavy atom. The maximum absolute atomic E-state index is 12.8. The summed E-state index contributed by atoms with van der Waals surface area (Å²) < 4.78 is 39.4. The second kappa shape index (κ2) is 5.36. The number of carbonyl (C=O) groups is 1. The third-order valence-electron chi connectivity index (χ3n) is 2.76. The summed E-state index contributed by atoms with van der Waals surface area (Å²) in [6.07, 6.45) is -4.91. The van der Waals surface area contributed by atoms with Crippen LogP contribution in [0.5, 0.6) is 0 Å². The lowest BCUT2D eigenvalue weighted by atomic mass is 10.2. The molecule has 112 valence electrons. The Hall–Kier alpha value is -2.09. The molecule has 1 N–H and O–H groups in total. The second-order valence-electron chi connectivity index (χ2n) is 4.30. The van der Waals surface area contributed by atoms with Gasteiger partial charge in [0.1, 0.15) is 0 Å². The van der Waals surface area contributed by atoms with E-state index in [0.717, 1.165) is 16.8 Å². The molecule has 2 rings (SSSR count). The van der Waals surface area contributed by atoms with E-state index in [-0.39, 0.29) is 22.8 Å². The zero-order valence-corrected chi connectivity index (χ0v) is 11.4. The molecule has 0 unspecified atom stereocenters. The Kier molecular flexibility index (Phi) is 3.91. The first-order valence-corrected chi connectivity index (χ1v) is 6.07. The summed E-state index contributed by atoms with van der Waals surface area (Å²) >= 11 is 5.69. The van der Waals surface area contributed by atoms with Gasteiger partial charge in [-0.25, -0.2) is 4.68 Å². The van der Waals surface area contributed by atoms with Crippen molar-refractivity contribution < 1.29 is 23.1 Å². The number of aliphatic carboxylic acids is 1. The average molecular weight is 320 g/mol. The molecule has 1 aromatic heterocycles. The molecule has 0 bridgehead atoms. The van der Waals surface area contributed by atoms with Crippen molar-refractivity contribution in [2.75, 3.05) is 0 Å². The van der Waals surface area contributed by atoms with Crippen LogP contribution in [-0.4, -0.2) is 26.1 Å². The topological polar surface area (TPSA) is 68.0 Å². The smallest absolute Gasteiger partial charge is 0.416 e. The first kappa shape index (κ1) is 15.3. The van der Waals surface area contributed by atoms with Crippen LogP contribution in [0.15, 0.2) is 18.2 Å². The lowest BCUT2D eigenvalue weighted by Gasteiger charge is -2.10. The quantitative estimate of drug-likeness (QED) is 0.944. The summed E-state index contributed by atoms with van der Waals surface area (Å²) in [6.45, 7) is 1.52. The third-order valence-corrected chi connectivity index (χ3v) is 2.98. The average Bonchev–Trinajstić information content (AvgIpc) is 2.68. The maximum atomic E-state index is 12.8. The molecule has 21 heavy (non-hydrogen) atoms. The summed E-state index contributed by atoms with van der Waals surface area (Å²) in [6, 6.07) is 2.97. The zero-order chi connectivity index (χ0) is 15.8. The Morgan fingerprint density at radius 3 is 2.62 bits per heavy atom. The highest BCUT2D eigenvalue weighted by Gasteiger charge is 2.31. The van der Waals surface area contributed by atoms with E-state index in [4.69, 9.17) is 16.7 Å². The van der Waals surface area contributed by atoms with Gasteiger partial charge in [-0.3, -0.25) is 4.79 Å². The van der Waals surface area contributed by atoms with Gasteiger partial charge in [0.15, 0.2) is 0 Å². The Balaban J connectivity index is 2.50. The van der Waals surface area contributed by atoms with Crippen LogP contribution in [0, 0.1) is 6.92 Å². The van der Waals surface area contributed by atoms with E-state index in [9.17, 15) is 18.0 Å². The predicted octanol–water partition coefficient (Wildman–Crippen LogP) is 2.88. The summed E-state index contributed by atoms with van der Waals surface area (Å²) in [7, 11) is 0. The van der Waals surface area contributed by atoms with Gasteiger partial charge in [0.2, 0.25) is 0 Å². The van der Waals surface area contributed by atoms with E-state index in [2.05, 4.69) is 10.3 Å². The number of nitrogens with zero attached hydrogens (tertiary/aromatic N) is 3. The largest absolute Gasteiger partial charge is 0.481 e. The van der Waals surface area contributed by atoms with E-state index < -0.39 is 17.7 Å². The molecule has 0 atom stereocenters. The molecule has 0 aliphatic heterocycles. The van der Waals surface area contributed by atoms with Crippen LogP contribution in [-0.2, 0) is 17.4 Å². The minimum atomic E-state index is -4.54. The molecule has 9 heteroatoms. The monoisotopic (exact) mass is 319 g/mol. The molecule has 1 aromatic carbocycles. The van der Waals surface area contributed by atoms with Crippen molar-refractivity contribution in [2.45, 2.75) is 19.5 Å². The number of rotatable bonds is 3. The lowest BCUT2D eigenvalue weighted by Crippen LogP contribution is -2.08. The fraction of sp³-hybridized carbons (Fsp3) is 0.250. The Labute approximate surface area is 121 Å². The number of halogens is 4. The molecule has 2 aromatic rings. The molecule has 0 radical (unpaired) electrons. The standard InChI is InChI=1S/C12H9ClF3N3O2/c1-6-10(5-11(20)21)17-18-19(6)9-3-7(12(14,15)16)2-8(13)4-9/h2-4H,5H2,1H3,(H,20,21). The van der Waals surface area contributed by atoms with E-state index in [1.165, 1.54) is 13.0 Å². The molecule has 1 heterocycles. The second-order valence-corrected chi connectivity index (χ2v) is 4.74. The molecular formula is C12H9ClF3N3O2. The van der Waals surface area contributed by atoms with Crippen LogP contribution in [0.3, 0.4) is 0 Å². The first-order chi connectivity index (χ1) is 9.68. The molecule has 0 saturated carbocycles. The SMILES string of the molecule is Cc1c(CC(=O)O)nnn1-c1cc(Cl)cc(C(F)(F)F)c1. The molecule has 0 amide bonds. The Bertz CT molecular complexity index is 698. The minimum Gasteiger partial charge on any atom is -0.481 e. The number of carboxylic acids is 1. The number of carboxylic acid groups (broad SMARTS) is 1. The lowest BCUT2D eigenvalue weighted by molar-refractivity contribution is -0.138. The summed E-state index contributed by atoms with van der Waals surface area (Å²) in [5.74, 6) is -1.10. The van der Waals surface area contributed by atoms with Crippen molar-refractivity contribution in [1.82, 2.24) is 15.0 Å². The zero-order valence-electron chi connectivity index (χ0n) is 10.6. The molecule has 0 fully saturated rings. The van der Waals surface area contributed by atoms with Crippen molar-refractivity contribution in [3.8, 4) is 5.69 Å². The molecule has 0 aliphatic carbocycles. The minimum absolute atomic E-state index is 0.0662. The normalized spacial score (nSPS) is 11.7. The van der Waals surface area contributed by atoms with E-state index >= 15 is 0 Å². The van der Waals surface area contributed by atoms with E-state index in [1.54, 1.807) is 0 Å². The van der Waals surface area contributed by atoms with Crippen molar-refractivity contribution in [3.63, 3.8) is 0 Å². The van der Waals surface area contributed by atoms with Gasteiger partial charge in [-0.05, 0) is 25.1 Å². The van der Waals surface area contributed by atoms with Gasteiger partial charge in [-0.2, -0.15) is 13.2 Å². The van der Waals surface area contributed by atoms with Gasteiger partial charge in [-0.1, -0.05) is 16.8 Å². The van der Waals surface area contributed by atoms with Gasteiger partial charge < -0.3 is 5.11 Å². The van der Waals surface area contributed by atoms with Crippen LogP contribution < -0.4 is 0 Å². The summed E-state index contributed by atoms with van der Waals surface area (Å²) in [5, 5.41) is 16.0. The van der Waals surface area contributed by atoms with Crippen LogP contribution in [0.2, 0.25) is 5.02 Å². The van der Waals surface area contributed by atoms with Crippen molar-refractivity contribution in [1.29, 1.82) is 0 Å². The number of aromatic nitrogens is 3. The number of hydrogen-bond acceptors (Lipinski definition) is 3. The van der Waals surface area contributed by atoms with Gasteiger partial charge in [0, 0.05) is 5.02 Å². The number of hydrogen-bond donors (Lipinski definition) is 1. The summed E-state index contributed by atoms with van der Waals surface area (Å²) in [4.78, 5) is 10.7. The molecule has 0 spiro atoms. The fourth-order valence-corrected chi connectivity index (χ4v) is 2.00. The van der Waals surface area contributed by atoms with E-state index in [0.29, 0.717) is 5.69 Å². The molecule has 0 saturated heterocycles. The van der Waals surface area contributed by atoms with Gasteiger partial charge >= 0.3 is 12.1 Å². The van der Waals surface area contributed by atoms with Gasteiger partial charge in [0.25, 0.3) is 0 Å². The highest BCUT2D eigenvalue weighted by molar-refractivity contribution is 6.30. The Morgan fingerprint density at radius 2 is 2.05 bits per heavy atom. The van der Waals surface area contributed by atoms with Crippen molar-refractivity contribution in [3.05, 3.63) is 40.2 Å². The van der Waals surface area contributed by atoms with Crippen molar-refractivity contribution in [2.24, 2.45) is 0 Å². The molecule has 0 aliphatic rings. The summed E-state index contributed by atoms with van der Waals surface area (Å²) in [5.41, 5.74) is -0.333. The van der Waals surface area contributed by atoms with Crippen molar-refractivity contribution >= 4 is 17.6 Å². The maximum Gasteiger partial charge on any atom is 0.416 e. The van der Waals surface area contributed by atoms with Gasteiger partial charge in [0.05, 0.1) is 29.1 Å². The first-order valence-electron chi connectivity index (χ1n) is 5.69. The molecular weight excluding hydrogens is 311 g/mol. The van der Waals surface area contributed by atoms with Gasteiger partial charge in [-0.15, -0.1) is 5.10 Å².